The number of hydrogen-bond donors (Lipinski definition) is 1. The van der Waals surface area contributed by atoms with Crippen LogP contribution in [0.1, 0.15) is 15.9 Å². The highest BCUT2D eigenvalue weighted by Gasteiger charge is 2.21. The first kappa shape index (κ1) is 23.1. The molecular formula is C24H26N2O5S. The Balaban J connectivity index is 2.09. The van der Waals surface area contributed by atoms with Crippen molar-refractivity contribution in [2.75, 3.05) is 37.1 Å². The number of rotatable bonds is 7. The minimum absolute atomic E-state index is 0.264. The van der Waals surface area contributed by atoms with Crippen molar-refractivity contribution < 1.29 is 22.7 Å². The van der Waals surface area contributed by atoms with E-state index in [0.29, 0.717) is 22.9 Å². The number of methoxy groups -OCH3 is 2. The highest BCUT2D eigenvalue weighted by Crippen LogP contribution is 2.35. The van der Waals surface area contributed by atoms with E-state index in [2.05, 4.69) is 5.32 Å². The number of benzene rings is 3. The molecule has 8 heteroatoms. The molecule has 168 valence electrons. The average molecular weight is 455 g/mol. The molecule has 0 heterocycles. The van der Waals surface area contributed by atoms with Gasteiger partial charge in [-0.05, 0) is 42.3 Å². The first-order chi connectivity index (χ1) is 15.2. The Morgan fingerprint density at radius 3 is 2.19 bits per heavy atom. The Labute approximate surface area is 188 Å². The summed E-state index contributed by atoms with van der Waals surface area (Å²) < 4.78 is 36.2. The van der Waals surface area contributed by atoms with E-state index < -0.39 is 15.9 Å². The topological polar surface area (TPSA) is 84.9 Å². The molecule has 3 rings (SSSR count). The van der Waals surface area contributed by atoms with Gasteiger partial charge >= 0.3 is 0 Å². The quantitative estimate of drug-likeness (QED) is 0.574. The summed E-state index contributed by atoms with van der Waals surface area (Å²) >= 11 is 0. The van der Waals surface area contributed by atoms with Crippen LogP contribution in [0.2, 0.25) is 0 Å². The zero-order valence-electron chi connectivity index (χ0n) is 18.7. The predicted molar refractivity (Wildman–Crippen MR) is 127 cm³/mol. The summed E-state index contributed by atoms with van der Waals surface area (Å²) in [4.78, 5) is 13.2. The Bertz CT molecular complexity index is 1240. The van der Waals surface area contributed by atoms with E-state index in [1.54, 1.807) is 30.3 Å². The fraction of sp³-hybridized carbons (Fsp3) is 0.208. The van der Waals surface area contributed by atoms with Gasteiger partial charge in [-0.25, -0.2) is 8.42 Å². The van der Waals surface area contributed by atoms with E-state index in [9.17, 15) is 13.2 Å². The van der Waals surface area contributed by atoms with Crippen LogP contribution in [0.5, 0.6) is 11.5 Å². The van der Waals surface area contributed by atoms with Crippen molar-refractivity contribution in [3.05, 3.63) is 71.8 Å². The lowest BCUT2D eigenvalue weighted by molar-refractivity contribution is 0.102. The molecule has 0 aliphatic carbocycles. The zero-order valence-corrected chi connectivity index (χ0v) is 19.5. The molecule has 0 unspecified atom stereocenters. The molecule has 0 fully saturated rings. The van der Waals surface area contributed by atoms with Crippen LogP contribution in [0, 0.1) is 6.92 Å². The van der Waals surface area contributed by atoms with Crippen molar-refractivity contribution in [3.8, 4) is 22.6 Å². The van der Waals surface area contributed by atoms with Crippen LogP contribution in [-0.4, -0.2) is 41.8 Å². The van der Waals surface area contributed by atoms with Crippen molar-refractivity contribution in [2.45, 2.75) is 6.92 Å². The normalized spacial score (nSPS) is 11.0. The first-order valence-corrected chi connectivity index (χ1v) is 11.7. The first-order valence-electron chi connectivity index (χ1n) is 9.83. The molecule has 1 N–H and O–H groups in total. The summed E-state index contributed by atoms with van der Waals surface area (Å²) in [5, 5.41) is 2.85. The summed E-state index contributed by atoms with van der Waals surface area (Å²) in [6.45, 7) is 2.00. The maximum atomic E-state index is 13.2. The van der Waals surface area contributed by atoms with E-state index in [0.717, 1.165) is 27.3 Å². The van der Waals surface area contributed by atoms with Gasteiger partial charge in [-0.3, -0.25) is 9.10 Å². The summed E-state index contributed by atoms with van der Waals surface area (Å²) in [5.41, 5.74) is 3.87. The van der Waals surface area contributed by atoms with Crippen molar-refractivity contribution in [3.63, 3.8) is 0 Å². The highest BCUT2D eigenvalue weighted by molar-refractivity contribution is 7.92. The third kappa shape index (κ3) is 4.86. The van der Waals surface area contributed by atoms with Gasteiger partial charge in [0.2, 0.25) is 10.0 Å². The molecule has 0 aromatic heterocycles. The smallest absolute Gasteiger partial charge is 0.259 e. The summed E-state index contributed by atoms with van der Waals surface area (Å²) in [7, 11) is 0.838. The number of nitrogens with one attached hydrogen (secondary N) is 1. The summed E-state index contributed by atoms with van der Waals surface area (Å²) in [6, 6.07) is 18.2. The van der Waals surface area contributed by atoms with Gasteiger partial charge in [0.25, 0.3) is 5.91 Å². The molecule has 7 nitrogen and oxygen atoms in total. The molecule has 0 atom stereocenters. The van der Waals surface area contributed by atoms with Gasteiger partial charge in [0.15, 0.2) is 11.5 Å². The van der Waals surface area contributed by atoms with Gasteiger partial charge in [0.1, 0.15) is 0 Å². The van der Waals surface area contributed by atoms with Crippen molar-refractivity contribution in [1.82, 2.24) is 0 Å². The summed E-state index contributed by atoms with van der Waals surface area (Å²) in [6.07, 6.45) is 1.11. The van der Waals surface area contributed by atoms with Gasteiger partial charge in [-0.1, -0.05) is 42.0 Å². The van der Waals surface area contributed by atoms with Crippen LogP contribution in [0.4, 0.5) is 11.4 Å². The second-order valence-electron chi connectivity index (χ2n) is 7.32. The van der Waals surface area contributed by atoms with E-state index in [1.165, 1.54) is 21.3 Å². The van der Waals surface area contributed by atoms with Gasteiger partial charge < -0.3 is 14.8 Å². The second kappa shape index (κ2) is 9.32. The molecule has 0 radical (unpaired) electrons. The lowest BCUT2D eigenvalue weighted by Gasteiger charge is -2.22. The number of carbonyl (C=O) groups is 1. The molecule has 1 amide bonds. The summed E-state index contributed by atoms with van der Waals surface area (Å²) in [5.74, 6) is 0.257. The third-order valence-electron chi connectivity index (χ3n) is 5.11. The third-order valence-corrected chi connectivity index (χ3v) is 6.31. The SMILES string of the molecule is COc1cccc(C(=O)Nc2cc(-c3ccc(C)cc3)ccc2N(C)S(C)(=O)=O)c1OC. The Morgan fingerprint density at radius 1 is 0.938 bits per heavy atom. The number of hydrogen-bond acceptors (Lipinski definition) is 5. The molecule has 32 heavy (non-hydrogen) atoms. The number of para-hydroxylation sites is 1. The fourth-order valence-electron chi connectivity index (χ4n) is 3.27. The predicted octanol–water partition coefficient (Wildman–Crippen LogP) is 4.33. The number of nitrogens with zero attached hydrogens (tertiary/aromatic N) is 1. The standard InChI is InChI=1S/C24H26N2O5S/c1-16-9-11-17(12-10-16)18-13-14-21(26(2)32(5,28)29)20(15-18)25-24(27)19-7-6-8-22(30-3)23(19)31-4/h6-15H,1-5H3,(H,25,27). The molecule has 0 bridgehead atoms. The molecule has 0 saturated heterocycles. The number of amides is 1. The Kier molecular flexibility index (Phi) is 6.74. The minimum atomic E-state index is -3.55. The number of sulfonamides is 1. The maximum absolute atomic E-state index is 13.2. The van der Waals surface area contributed by atoms with E-state index in [4.69, 9.17) is 9.47 Å². The molecule has 0 aliphatic rings. The van der Waals surface area contributed by atoms with E-state index in [-0.39, 0.29) is 5.56 Å². The van der Waals surface area contributed by atoms with Crippen LogP contribution in [0.15, 0.2) is 60.7 Å². The van der Waals surface area contributed by atoms with Gasteiger partial charge in [0, 0.05) is 7.05 Å². The number of ether oxygens (including phenoxy) is 2. The number of aryl methyl sites for hydroxylation is 1. The van der Waals surface area contributed by atoms with Crippen molar-refractivity contribution in [1.29, 1.82) is 0 Å². The Hall–Kier alpha value is -3.52. The fourth-order valence-corrected chi connectivity index (χ4v) is 3.79. The molecule has 0 spiro atoms. The second-order valence-corrected chi connectivity index (χ2v) is 9.34. The molecular weight excluding hydrogens is 428 g/mol. The van der Waals surface area contributed by atoms with Crippen molar-refractivity contribution >= 4 is 27.3 Å². The van der Waals surface area contributed by atoms with Crippen LogP contribution >= 0.6 is 0 Å². The van der Waals surface area contributed by atoms with Gasteiger partial charge in [0.05, 0.1) is 37.4 Å². The van der Waals surface area contributed by atoms with E-state index in [1.807, 2.05) is 37.3 Å². The molecule has 3 aromatic rings. The zero-order chi connectivity index (χ0) is 23.5. The van der Waals surface area contributed by atoms with Crippen LogP contribution in [0.3, 0.4) is 0 Å². The number of carbonyl (C=O) groups excluding carboxylic acids is 1. The van der Waals surface area contributed by atoms with E-state index >= 15 is 0 Å². The lowest BCUT2D eigenvalue weighted by atomic mass is 10.0. The Morgan fingerprint density at radius 2 is 1.59 bits per heavy atom. The highest BCUT2D eigenvalue weighted by atomic mass is 32.2. The maximum Gasteiger partial charge on any atom is 0.259 e. The van der Waals surface area contributed by atoms with Gasteiger partial charge in [-0.15, -0.1) is 0 Å². The molecule has 3 aromatic carbocycles. The minimum Gasteiger partial charge on any atom is -0.493 e. The van der Waals surface area contributed by atoms with Crippen LogP contribution in [0.25, 0.3) is 11.1 Å². The monoisotopic (exact) mass is 454 g/mol. The number of anilines is 2. The van der Waals surface area contributed by atoms with Crippen LogP contribution in [-0.2, 0) is 10.0 Å². The molecule has 0 saturated carbocycles. The van der Waals surface area contributed by atoms with Crippen molar-refractivity contribution in [2.24, 2.45) is 0 Å². The largest absolute Gasteiger partial charge is 0.493 e. The van der Waals surface area contributed by atoms with Crippen LogP contribution < -0.4 is 19.1 Å². The van der Waals surface area contributed by atoms with Gasteiger partial charge in [-0.2, -0.15) is 0 Å². The lowest BCUT2D eigenvalue weighted by Crippen LogP contribution is -2.26. The average Bonchev–Trinajstić information content (AvgIpc) is 2.77. The molecule has 0 aliphatic heterocycles.